The predicted molar refractivity (Wildman–Crippen MR) is 125 cm³/mol. The molecule has 0 radical (unpaired) electrons. The Morgan fingerprint density at radius 2 is 1.75 bits per heavy atom. The number of carbonyl (C=O) groups excluding carboxylic acids is 2. The lowest BCUT2D eigenvalue weighted by Crippen LogP contribution is -2.28. The Morgan fingerprint density at radius 1 is 1.06 bits per heavy atom. The summed E-state index contributed by atoms with van der Waals surface area (Å²) in [6.45, 7) is 3.92. The van der Waals surface area contributed by atoms with E-state index in [9.17, 15) is 9.59 Å². The molecule has 0 fully saturated rings. The third-order valence-corrected chi connectivity index (χ3v) is 5.85. The highest BCUT2D eigenvalue weighted by Gasteiger charge is 2.17. The molecule has 4 rings (SSSR count). The number of thiazole rings is 1. The first-order valence-electron chi connectivity index (χ1n) is 10.2. The summed E-state index contributed by atoms with van der Waals surface area (Å²) in [7, 11) is 0. The summed E-state index contributed by atoms with van der Waals surface area (Å²) in [6.07, 6.45) is 1.92. The van der Waals surface area contributed by atoms with E-state index in [-0.39, 0.29) is 24.3 Å². The molecular weight excluding hydrogens is 422 g/mol. The van der Waals surface area contributed by atoms with E-state index in [1.807, 2.05) is 54.9 Å². The molecule has 32 heavy (non-hydrogen) atoms. The van der Waals surface area contributed by atoms with Crippen LogP contribution >= 0.6 is 11.3 Å². The van der Waals surface area contributed by atoms with Gasteiger partial charge in [0.2, 0.25) is 5.91 Å². The minimum atomic E-state index is -0.226. The molecule has 0 saturated heterocycles. The number of hydrogen-bond donors (Lipinski definition) is 2. The van der Waals surface area contributed by atoms with Crippen molar-refractivity contribution >= 4 is 28.3 Å². The van der Waals surface area contributed by atoms with Crippen molar-refractivity contribution in [1.82, 2.24) is 20.1 Å². The second kappa shape index (κ2) is 9.57. The van der Waals surface area contributed by atoms with Gasteiger partial charge in [-0.15, -0.1) is 11.3 Å². The van der Waals surface area contributed by atoms with Crippen LogP contribution in [0.5, 0.6) is 0 Å². The van der Waals surface area contributed by atoms with Crippen molar-refractivity contribution < 1.29 is 9.59 Å². The fraction of sp³-hybridized carbons (Fsp3) is 0.167. The predicted octanol–water partition coefficient (Wildman–Crippen LogP) is 4.31. The molecule has 8 heteroatoms. The molecule has 1 atom stereocenters. The van der Waals surface area contributed by atoms with E-state index in [1.165, 1.54) is 11.3 Å². The van der Waals surface area contributed by atoms with Crippen LogP contribution in [0.15, 0.2) is 72.2 Å². The zero-order chi connectivity index (χ0) is 22.5. The smallest absolute Gasteiger partial charge is 0.257 e. The molecule has 0 aliphatic heterocycles. The van der Waals surface area contributed by atoms with E-state index in [1.54, 1.807) is 35.8 Å². The Balaban J connectivity index is 1.35. The van der Waals surface area contributed by atoms with Gasteiger partial charge >= 0.3 is 0 Å². The van der Waals surface area contributed by atoms with Crippen LogP contribution in [0, 0.1) is 6.92 Å². The molecule has 2 aromatic heterocycles. The van der Waals surface area contributed by atoms with Gasteiger partial charge in [0.05, 0.1) is 30.0 Å². The molecule has 1 unspecified atom stereocenters. The number of aromatic nitrogens is 3. The highest BCUT2D eigenvalue weighted by atomic mass is 32.1. The monoisotopic (exact) mass is 445 g/mol. The molecule has 2 heterocycles. The van der Waals surface area contributed by atoms with Gasteiger partial charge in [0.25, 0.3) is 5.91 Å². The maximum atomic E-state index is 12.6. The Hall–Kier alpha value is -3.78. The number of carbonyl (C=O) groups is 2. The van der Waals surface area contributed by atoms with Crippen LogP contribution in [0.2, 0.25) is 0 Å². The number of rotatable bonds is 7. The van der Waals surface area contributed by atoms with Gasteiger partial charge < -0.3 is 5.32 Å². The van der Waals surface area contributed by atoms with E-state index >= 15 is 0 Å². The van der Waals surface area contributed by atoms with Gasteiger partial charge in [-0.2, -0.15) is 5.10 Å². The van der Waals surface area contributed by atoms with Crippen LogP contribution in [0.3, 0.4) is 0 Å². The van der Waals surface area contributed by atoms with Gasteiger partial charge in [0, 0.05) is 22.2 Å². The second-order valence-corrected chi connectivity index (χ2v) is 8.22. The highest BCUT2D eigenvalue weighted by Crippen LogP contribution is 2.21. The molecule has 4 aromatic rings. The van der Waals surface area contributed by atoms with Gasteiger partial charge in [-0.1, -0.05) is 36.4 Å². The van der Waals surface area contributed by atoms with Crippen molar-refractivity contribution in [2.75, 3.05) is 5.32 Å². The Kier molecular flexibility index (Phi) is 6.42. The first-order valence-corrected chi connectivity index (χ1v) is 11.1. The van der Waals surface area contributed by atoms with Crippen molar-refractivity contribution in [1.29, 1.82) is 0 Å². The van der Waals surface area contributed by atoms with Crippen LogP contribution in [0.4, 0.5) is 5.13 Å². The van der Waals surface area contributed by atoms with Crippen molar-refractivity contribution in [2.24, 2.45) is 0 Å². The number of anilines is 1. The average Bonchev–Trinajstić information content (AvgIpc) is 3.40. The molecule has 0 bridgehead atoms. The second-order valence-electron chi connectivity index (χ2n) is 7.36. The van der Waals surface area contributed by atoms with Gasteiger partial charge in [0.15, 0.2) is 5.13 Å². The van der Waals surface area contributed by atoms with E-state index < -0.39 is 0 Å². The fourth-order valence-electron chi connectivity index (χ4n) is 3.42. The van der Waals surface area contributed by atoms with E-state index in [4.69, 9.17) is 0 Å². The standard InChI is InChI=1S/C24H23N5O2S/c1-16(21-14-25-29(17(21)2)20-11-7-4-8-12-20)26-22(30)13-19-15-32-24(27-19)28-23(31)18-9-5-3-6-10-18/h3-12,14-16H,13H2,1-2H3,(H,26,30)(H,27,28,31). The summed E-state index contributed by atoms with van der Waals surface area (Å²) in [5.41, 5.74) is 4.07. The number of benzene rings is 2. The zero-order valence-corrected chi connectivity index (χ0v) is 18.6. The first kappa shape index (κ1) is 21.5. The SMILES string of the molecule is Cc1c(C(C)NC(=O)Cc2csc(NC(=O)c3ccccc3)n2)cnn1-c1ccccc1. The molecular formula is C24H23N5O2S. The quantitative estimate of drug-likeness (QED) is 0.444. The summed E-state index contributed by atoms with van der Waals surface area (Å²) in [5.74, 6) is -0.369. The highest BCUT2D eigenvalue weighted by molar-refractivity contribution is 7.14. The lowest BCUT2D eigenvalue weighted by atomic mass is 10.1. The van der Waals surface area contributed by atoms with E-state index in [2.05, 4.69) is 20.7 Å². The lowest BCUT2D eigenvalue weighted by Gasteiger charge is -2.14. The number of hydrogen-bond acceptors (Lipinski definition) is 5. The molecule has 0 aliphatic carbocycles. The molecule has 2 N–H and O–H groups in total. The van der Waals surface area contributed by atoms with Crippen LogP contribution in [0.1, 0.15) is 40.3 Å². The Morgan fingerprint density at radius 3 is 2.47 bits per heavy atom. The van der Waals surface area contributed by atoms with Gasteiger partial charge in [-0.3, -0.25) is 14.9 Å². The van der Waals surface area contributed by atoms with Crippen LogP contribution in [0.25, 0.3) is 5.69 Å². The minimum Gasteiger partial charge on any atom is -0.349 e. The fourth-order valence-corrected chi connectivity index (χ4v) is 4.12. The van der Waals surface area contributed by atoms with E-state index in [0.29, 0.717) is 16.4 Å². The van der Waals surface area contributed by atoms with Crippen LogP contribution < -0.4 is 10.6 Å². The normalized spacial score (nSPS) is 11.7. The summed E-state index contributed by atoms with van der Waals surface area (Å²) < 4.78 is 1.86. The topological polar surface area (TPSA) is 88.9 Å². The summed E-state index contributed by atoms with van der Waals surface area (Å²) >= 11 is 1.30. The third kappa shape index (κ3) is 4.92. The van der Waals surface area contributed by atoms with Crippen LogP contribution in [-0.2, 0) is 11.2 Å². The van der Waals surface area contributed by atoms with Crippen molar-refractivity contribution in [3.63, 3.8) is 0 Å². The van der Waals surface area contributed by atoms with Crippen molar-refractivity contribution in [3.8, 4) is 5.69 Å². The number of nitrogens with one attached hydrogen (secondary N) is 2. The lowest BCUT2D eigenvalue weighted by molar-refractivity contribution is -0.121. The van der Waals surface area contributed by atoms with Gasteiger partial charge in [0.1, 0.15) is 0 Å². The molecule has 2 aromatic carbocycles. The average molecular weight is 446 g/mol. The number of para-hydroxylation sites is 1. The number of amides is 2. The van der Waals surface area contributed by atoms with E-state index in [0.717, 1.165) is 16.9 Å². The molecule has 2 amide bonds. The molecule has 0 aliphatic rings. The summed E-state index contributed by atoms with van der Waals surface area (Å²) in [6, 6.07) is 18.6. The summed E-state index contributed by atoms with van der Waals surface area (Å²) in [4.78, 5) is 29.2. The van der Waals surface area contributed by atoms with Gasteiger partial charge in [-0.25, -0.2) is 9.67 Å². The molecule has 0 saturated carbocycles. The van der Waals surface area contributed by atoms with Crippen molar-refractivity contribution in [2.45, 2.75) is 26.3 Å². The Labute approximate surface area is 190 Å². The first-order chi connectivity index (χ1) is 15.5. The van der Waals surface area contributed by atoms with Crippen LogP contribution in [-0.4, -0.2) is 26.6 Å². The molecule has 162 valence electrons. The minimum absolute atomic E-state index is 0.133. The van der Waals surface area contributed by atoms with Gasteiger partial charge in [-0.05, 0) is 38.1 Å². The zero-order valence-electron chi connectivity index (χ0n) is 17.8. The third-order valence-electron chi connectivity index (χ3n) is 5.04. The van der Waals surface area contributed by atoms with Crippen molar-refractivity contribution in [3.05, 3.63) is 94.8 Å². The Bertz CT molecular complexity index is 1220. The molecule has 0 spiro atoms. The maximum Gasteiger partial charge on any atom is 0.257 e. The number of nitrogens with zero attached hydrogens (tertiary/aromatic N) is 3. The largest absolute Gasteiger partial charge is 0.349 e. The molecule has 7 nitrogen and oxygen atoms in total. The summed E-state index contributed by atoms with van der Waals surface area (Å²) in [5, 5.41) is 12.5. The maximum absolute atomic E-state index is 12.6.